The third kappa shape index (κ3) is 4.54. The van der Waals surface area contributed by atoms with Crippen molar-refractivity contribution < 1.29 is 9.84 Å². The topological polar surface area (TPSA) is 74.3 Å². The maximum Gasteiger partial charge on any atom is 0.155 e. The Morgan fingerprint density at radius 3 is 2.95 bits per heavy atom. The lowest BCUT2D eigenvalue weighted by Gasteiger charge is -2.32. The van der Waals surface area contributed by atoms with Crippen LogP contribution in [-0.2, 0) is 4.74 Å². The third-order valence-corrected chi connectivity index (χ3v) is 3.58. The fourth-order valence-electron chi connectivity index (χ4n) is 2.63. The van der Waals surface area contributed by atoms with Crippen molar-refractivity contribution in [1.82, 2.24) is 20.1 Å². The van der Waals surface area contributed by atoms with Crippen molar-refractivity contribution in [3.8, 4) is 0 Å². The number of aliphatic hydroxyl groups is 1. The molecule has 0 radical (unpaired) electrons. The van der Waals surface area contributed by atoms with Gasteiger partial charge in [0.15, 0.2) is 5.82 Å². The predicted octanol–water partition coefficient (Wildman–Crippen LogP) is 1.08. The first-order valence-electron chi connectivity index (χ1n) is 7.45. The minimum absolute atomic E-state index is 0.162. The maximum atomic E-state index is 10.0. The van der Waals surface area contributed by atoms with E-state index >= 15 is 0 Å². The van der Waals surface area contributed by atoms with Gasteiger partial charge in [0, 0.05) is 19.0 Å². The number of β-amino-alcohol motifs (C(OH)–C–C–N with tert-alkyl or cyclic N) is 1. The molecule has 1 aliphatic heterocycles. The summed E-state index contributed by atoms with van der Waals surface area (Å²) in [4.78, 5) is 6.71. The predicted molar refractivity (Wildman–Crippen MR) is 76.6 cm³/mol. The monoisotopic (exact) mass is 282 g/mol. The summed E-state index contributed by atoms with van der Waals surface area (Å²) in [5.41, 5.74) is 0. The highest BCUT2D eigenvalue weighted by Gasteiger charge is 2.25. The second kappa shape index (κ2) is 7.15. The van der Waals surface area contributed by atoms with Crippen LogP contribution in [-0.4, -0.2) is 63.6 Å². The van der Waals surface area contributed by atoms with E-state index < -0.39 is 6.10 Å². The second-order valence-electron chi connectivity index (χ2n) is 5.91. The normalized spacial score (nSPS) is 22.4. The molecule has 0 amide bonds. The smallest absolute Gasteiger partial charge is 0.155 e. The summed E-state index contributed by atoms with van der Waals surface area (Å²) < 4.78 is 5.45. The van der Waals surface area contributed by atoms with Crippen LogP contribution < -0.4 is 0 Å². The van der Waals surface area contributed by atoms with Crippen LogP contribution in [0.4, 0.5) is 0 Å². The average molecular weight is 282 g/mol. The van der Waals surface area contributed by atoms with Gasteiger partial charge < -0.3 is 9.84 Å². The van der Waals surface area contributed by atoms with Crippen LogP contribution in [0.15, 0.2) is 0 Å². The van der Waals surface area contributed by atoms with Crippen molar-refractivity contribution in [2.75, 3.05) is 26.2 Å². The second-order valence-corrected chi connectivity index (χ2v) is 5.91. The molecule has 2 atom stereocenters. The van der Waals surface area contributed by atoms with Gasteiger partial charge in [-0.05, 0) is 40.2 Å². The third-order valence-electron chi connectivity index (χ3n) is 3.58. The molecule has 0 spiro atoms. The molecule has 114 valence electrons. The lowest BCUT2D eigenvalue weighted by Crippen LogP contribution is -2.41. The van der Waals surface area contributed by atoms with E-state index in [-0.39, 0.29) is 6.10 Å². The van der Waals surface area contributed by atoms with Gasteiger partial charge in [-0.3, -0.25) is 10.00 Å². The van der Waals surface area contributed by atoms with E-state index in [4.69, 9.17) is 4.74 Å². The van der Waals surface area contributed by atoms with Crippen LogP contribution >= 0.6 is 0 Å². The standard InChI is InChI=1S/C14H26N4O2/c1-10(2)20-9-13(19)8-18-6-4-5-12(7-18)14-15-11(3)16-17-14/h10,12-13,19H,4-9H2,1-3H3,(H,15,16,17). The van der Waals surface area contributed by atoms with Crippen molar-refractivity contribution in [2.45, 2.75) is 51.7 Å². The number of nitrogens with zero attached hydrogens (tertiary/aromatic N) is 3. The van der Waals surface area contributed by atoms with Crippen molar-refractivity contribution in [3.63, 3.8) is 0 Å². The van der Waals surface area contributed by atoms with Gasteiger partial charge in [0.1, 0.15) is 5.82 Å². The highest BCUT2D eigenvalue weighted by atomic mass is 16.5. The Kier molecular flexibility index (Phi) is 5.51. The zero-order chi connectivity index (χ0) is 14.5. The molecule has 6 nitrogen and oxygen atoms in total. The Morgan fingerprint density at radius 1 is 1.50 bits per heavy atom. The number of aromatic amines is 1. The number of piperidine rings is 1. The quantitative estimate of drug-likeness (QED) is 0.816. The van der Waals surface area contributed by atoms with Gasteiger partial charge in [0.25, 0.3) is 0 Å². The highest BCUT2D eigenvalue weighted by molar-refractivity contribution is 4.99. The summed E-state index contributed by atoms with van der Waals surface area (Å²) in [5, 5.41) is 17.2. The molecule has 1 aromatic heterocycles. The number of ether oxygens (including phenoxy) is 1. The lowest BCUT2D eigenvalue weighted by molar-refractivity contribution is -0.0117. The van der Waals surface area contributed by atoms with E-state index in [1.165, 1.54) is 0 Å². The van der Waals surface area contributed by atoms with E-state index in [0.717, 1.165) is 37.6 Å². The summed E-state index contributed by atoms with van der Waals surface area (Å²) >= 11 is 0. The average Bonchev–Trinajstić information content (AvgIpc) is 2.83. The molecule has 2 rings (SSSR count). The molecule has 6 heteroatoms. The van der Waals surface area contributed by atoms with E-state index in [1.807, 2.05) is 20.8 Å². The van der Waals surface area contributed by atoms with Gasteiger partial charge in [-0.1, -0.05) is 0 Å². The first-order chi connectivity index (χ1) is 9.54. The molecule has 0 saturated carbocycles. The Balaban J connectivity index is 1.81. The molecule has 2 unspecified atom stereocenters. The molecule has 20 heavy (non-hydrogen) atoms. The lowest BCUT2D eigenvalue weighted by atomic mass is 9.97. The number of hydrogen-bond donors (Lipinski definition) is 2. The van der Waals surface area contributed by atoms with Gasteiger partial charge in [-0.25, -0.2) is 4.98 Å². The fraction of sp³-hybridized carbons (Fsp3) is 0.857. The number of hydrogen-bond acceptors (Lipinski definition) is 5. The minimum Gasteiger partial charge on any atom is -0.389 e. The zero-order valence-corrected chi connectivity index (χ0v) is 12.7. The molecule has 1 saturated heterocycles. The molecule has 1 aliphatic rings. The van der Waals surface area contributed by atoms with Crippen LogP contribution in [0, 0.1) is 6.92 Å². The molecule has 0 bridgehead atoms. The van der Waals surface area contributed by atoms with Gasteiger partial charge >= 0.3 is 0 Å². The van der Waals surface area contributed by atoms with Crippen LogP contribution in [0.25, 0.3) is 0 Å². The minimum atomic E-state index is -0.426. The summed E-state index contributed by atoms with van der Waals surface area (Å²) in [5.74, 6) is 2.13. The van der Waals surface area contributed by atoms with Gasteiger partial charge in [0.05, 0.1) is 18.8 Å². The van der Waals surface area contributed by atoms with Gasteiger partial charge in [0.2, 0.25) is 0 Å². The van der Waals surface area contributed by atoms with Crippen LogP contribution in [0.5, 0.6) is 0 Å². The largest absolute Gasteiger partial charge is 0.389 e. The summed E-state index contributed by atoms with van der Waals surface area (Å²) in [6, 6.07) is 0. The molecule has 0 aliphatic carbocycles. The molecule has 1 fully saturated rings. The number of rotatable bonds is 6. The van der Waals surface area contributed by atoms with Crippen molar-refractivity contribution in [2.24, 2.45) is 0 Å². The molecular weight excluding hydrogens is 256 g/mol. The van der Waals surface area contributed by atoms with E-state index in [2.05, 4.69) is 20.1 Å². The van der Waals surface area contributed by atoms with Crippen molar-refractivity contribution >= 4 is 0 Å². The molecule has 1 aromatic rings. The molecule has 2 heterocycles. The van der Waals surface area contributed by atoms with E-state index in [1.54, 1.807) is 0 Å². The summed E-state index contributed by atoms with van der Waals surface area (Å²) in [6.07, 6.45) is 1.97. The number of aromatic nitrogens is 3. The molecule has 2 N–H and O–H groups in total. The Morgan fingerprint density at radius 2 is 2.30 bits per heavy atom. The number of aliphatic hydroxyl groups excluding tert-OH is 1. The van der Waals surface area contributed by atoms with Gasteiger partial charge in [-0.2, -0.15) is 5.10 Å². The Hall–Kier alpha value is -0.980. The Labute approximate surface area is 120 Å². The number of H-pyrrole nitrogens is 1. The first-order valence-corrected chi connectivity index (χ1v) is 7.45. The van der Waals surface area contributed by atoms with Crippen molar-refractivity contribution in [3.05, 3.63) is 11.6 Å². The van der Waals surface area contributed by atoms with E-state index in [0.29, 0.717) is 19.1 Å². The highest BCUT2D eigenvalue weighted by Crippen LogP contribution is 2.24. The SMILES string of the molecule is Cc1nc(C2CCCN(CC(O)COC(C)C)C2)n[nH]1. The number of likely N-dealkylation sites (tertiary alicyclic amines) is 1. The zero-order valence-electron chi connectivity index (χ0n) is 12.7. The summed E-state index contributed by atoms with van der Waals surface area (Å²) in [6.45, 7) is 8.88. The maximum absolute atomic E-state index is 10.0. The fourth-order valence-corrected chi connectivity index (χ4v) is 2.63. The van der Waals surface area contributed by atoms with Crippen LogP contribution in [0.2, 0.25) is 0 Å². The van der Waals surface area contributed by atoms with Gasteiger partial charge in [-0.15, -0.1) is 0 Å². The Bertz CT molecular complexity index is 408. The number of nitrogens with one attached hydrogen (secondary N) is 1. The molecule has 0 aromatic carbocycles. The molecular formula is C14H26N4O2. The van der Waals surface area contributed by atoms with Crippen LogP contribution in [0.1, 0.15) is 44.3 Å². The number of aryl methyl sites for hydroxylation is 1. The van der Waals surface area contributed by atoms with Crippen LogP contribution in [0.3, 0.4) is 0 Å². The first kappa shape index (κ1) is 15.4. The van der Waals surface area contributed by atoms with Crippen molar-refractivity contribution in [1.29, 1.82) is 0 Å². The van der Waals surface area contributed by atoms with E-state index in [9.17, 15) is 5.11 Å². The summed E-state index contributed by atoms with van der Waals surface area (Å²) in [7, 11) is 0.